The van der Waals surface area contributed by atoms with E-state index in [9.17, 15) is 0 Å². The number of rotatable bonds is 5. The monoisotopic (exact) mass is 446 g/mol. The third kappa shape index (κ3) is 3.65. The molecule has 0 aromatic heterocycles. The van der Waals surface area contributed by atoms with Crippen molar-refractivity contribution in [3.8, 4) is 0 Å². The van der Waals surface area contributed by atoms with Crippen LogP contribution in [0.25, 0.3) is 0 Å². The fourth-order valence-corrected chi connectivity index (χ4v) is 7.96. The second kappa shape index (κ2) is 9.55. The molecule has 0 aromatic carbocycles. The lowest BCUT2D eigenvalue weighted by Crippen LogP contribution is -2.54. The van der Waals surface area contributed by atoms with Crippen LogP contribution in [-0.2, 0) is 18.6 Å². The third-order valence-electron chi connectivity index (χ3n) is 9.91. The molecule has 4 nitrogen and oxygen atoms in total. The maximum Gasteiger partial charge on any atom is 0.488 e. The van der Waals surface area contributed by atoms with Crippen LogP contribution < -0.4 is 0 Å². The van der Waals surface area contributed by atoms with Crippen LogP contribution in [0.15, 0.2) is 0 Å². The van der Waals surface area contributed by atoms with Gasteiger partial charge in [0.05, 0.1) is 23.9 Å². The van der Waals surface area contributed by atoms with Crippen LogP contribution >= 0.6 is 0 Å². The highest BCUT2D eigenvalue weighted by atomic mass is 16.7. The van der Waals surface area contributed by atoms with Crippen molar-refractivity contribution in [2.45, 2.75) is 118 Å². The topological polar surface area (TPSA) is 36.9 Å². The predicted octanol–water partition coefficient (Wildman–Crippen LogP) is 6.21. The zero-order valence-electron chi connectivity index (χ0n) is 22.1. The molecule has 0 amide bonds. The van der Waals surface area contributed by atoms with Crippen molar-refractivity contribution in [2.75, 3.05) is 6.61 Å². The van der Waals surface area contributed by atoms with Gasteiger partial charge in [0.25, 0.3) is 0 Å². The van der Waals surface area contributed by atoms with Crippen LogP contribution in [-0.4, -0.2) is 37.9 Å². The molecule has 0 radical (unpaired) electrons. The zero-order valence-corrected chi connectivity index (χ0v) is 22.1. The van der Waals surface area contributed by atoms with E-state index >= 15 is 0 Å². The molecule has 32 heavy (non-hydrogen) atoms. The van der Waals surface area contributed by atoms with Gasteiger partial charge in [-0.15, -0.1) is 0 Å². The van der Waals surface area contributed by atoms with Gasteiger partial charge in [-0.25, -0.2) is 0 Å². The van der Waals surface area contributed by atoms with Gasteiger partial charge in [-0.05, 0) is 80.5 Å². The Morgan fingerprint density at radius 3 is 2.28 bits per heavy atom. The van der Waals surface area contributed by atoms with E-state index in [0.717, 1.165) is 30.1 Å². The predicted molar refractivity (Wildman–Crippen MR) is 132 cm³/mol. The van der Waals surface area contributed by atoms with E-state index in [4.69, 9.17) is 18.6 Å². The Morgan fingerprint density at radius 1 is 0.906 bits per heavy atom. The van der Waals surface area contributed by atoms with Crippen LogP contribution in [0, 0.1) is 41.4 Å². The molecular formula is C26H48B2O4. The molecular weight excluding hydrogens is 398 g/mol. The number of hydrogen-bond donors (Lipinski definition) is 0. The van der Waals surface area contributed by atoms with E-state index < -0.39 is 0 Å². The molecule has 0 N–H and O–H groups in total. The van der Waals surface area contributed by atoms with Crippen molar-refractivity contribution in [3.63, 3.8) is 0 Å². The van der Waals surface area contributed by atoms with Crippen LogP contribution in [0.2, 0.25) is 0 Å². The normalized spacial score (nSPS) is 47.7. The van der Waals surface area contributed by atoms with Crippen molar-refractivity contribution in [1.29, 1.82) is 0 Å². The highest BCUT2D eigenvalue weighted by Gasteiger charge is 2.73. The maximum atomic E-state index is 6.77. The molecule has 2 saturated heterocycles. The standard InChI is InChI=1S/C22H36B2O4.2C2H6/c1-5-6-14-7-9-17(14)22(13(2)3)12-25-23(28-22)24-26-19-10-8-15-16-11-18(20(15)16)21(19,4)27-24;2*1-2/h13-20H,5-12H2,1-4H3;2*1-2H3/t14-,15?,16?,17-,18-,19?,20-,21-,22-;;/m0../s1. The van der Waals surface area contributed by atoms with Gasteiger partial charge in [-0.1, -0.05) is 61.3 Å². The lowest BCUT2D eigenvalue weighted by Gasteiger charge is -2.50. The first-order valence-electron chi connectivity index (χ1n) is 14.1. The SMILES string of the molecule is CC.CC.CCC[C@H]1CC[C@@H]1[C@@]1(C(C)C)COB(B2OC3CCC4C5C[C@@H]([C@@H]45)[C@]3(C)O2)O1. The van der Waals surface area contributed by atoms with Crippen molar-refractivity contribution in [2.24, 2.45) is 41.4 Å². The minimum absolute atomic E-state index is 0.131. The maximum absolute atomic E-state index is 6.77. The number of hydrogen-bond acceptors (Lipinski definition) is 4. The van der Waals surface area contributed by atoms with Crippen LogP contribution in [0.3, 0.4) is 0 Å². The Bertz CT molecular complexity index is 647. The van der Waals surface area contributed by atoms with Crippen molar-refractivity contribution in [3.05, 3.63) is 0 Å². The molecule has 182 valence electrons. The molecule has 4 saturated carbocycles. The molecule has 6 fully saturated rings. The molecule has 6 heteroatoms. The van der Waals surface area contributed by atoms with Gasteiger partial charge in [0.1, 0.15) is 0 Å². The first-order valence-corrected chi connectivity index (χ1v) is 14.1. The molecule has 4 aliphatic carbocycles. The Hall–Kier alpha value is -0.0301. The molecule has 2 heterocycles. The van der Waals surface area contributed by atoms with Crippen LogP contribution in [0.4, 0.5) is 0 Å². The van der Waals surface area contributed by atoms with E-state index in [1.165, 1.54) is 38.5 Å². The van der Waals surface area contributed by atoms with Gasteiger partial charge >= 0.3 is 14.0 Å². The third-order valence-corrected chi connectivity index (χ3v) is 9.91. The summed E-state index contributed by atoms with van der Waals surface area (Å²) in [6.07, 6.45) is 9.24. The molecule has 9 atom stereocenters. The van der Waals surface area contributed by atoms with Gasteiger partial charge in [-0.2, -0.15) is 0 Å². The summed E-state index contributed by atoms with van der Waals surface area (Å²) in [5.74, 6) is 5.46. The highest BCUT2D eigenvalue weighted by molar-refractivity contribution is 7.11. The Morgan fingerprint density at radius 2 is 1.66 bits per heavy atom. The summed E-state index contributed by atoms with van der Waals surface area (Å²) in [7, 11) is -0.713. The second-order valence-electron chi connectivity index (χ2n) is 11.3. The minimum atomic E-state index is -0.361. The van der Waals surface area contributed by atoms with Gasteiger partial charge < -0.3 is 18.6 Å². The molecule has 6 aliphatic rings. The Kier molecular flexibility index (Phi) is 7.48. The van der Waals surface area contributed by atoms with E-state index in [1.54, 1.807) is 0 Å². The van der Waals surface area contributed by atoms with Crippen molar-refractivity contribution >= 4 is 14.0 Å². The van der Waals surface area contributed by atoms with Crippen LogP contribution in [0.1, 0.15) is 100 Å². The zero-order chi connectivity index (χ0) is 23.3. The van der Waals surface area contributed by atoms with E-state index in [0.29, 0.717) is 24.4 Å². The lowest BCUT2D eigenvalue weighted by atomic mass is 9.48. The number of fused-ring (bicyclic) bond motifs is 3. The summed E-state index contributed by atoms with van der Waals surface area (Å²) in [5, 5.41) is 0. The molecule has 0 spiro atoms. The largest absolute Gasteiger partial charge is 0.488 e. The Balaban J connectivity index is 0.000000582. The summed E-state index contributed by atoms with van der Waals surface area (Å²) >= 11 is 0. The quantitative estimate of drug-likeness (QED) is 0.471. The molecule has 2 aliphatic heterocycles. The average Bonchev–Trinajstić information content (AvgIpc) is 3.05. The second-order valence-corrected chi connectivity index (χ2v) is 11.3. The molecule has 3 unspecified atom stereocenters. The average molecular weight is 446 g/mol. The summed E-state index contributed by atoms with van der Waals surface area (Å²) in [6, 6.07) is 0. The smallest absolute Gasteiger partial charge is 0.410 e. The van der Waals surface area contributed by atoms with Gasteiger partial charge in [0, 0.05) is 0 Å². The summed E-state index contributed by atoms with van der Waals surface area (Å²) in [6.45, 7) is 17.9. The van der Waals surface area contributed by atoms with Gasteiger partial charge in [0.2, 0.25) is 0 Å². The fourth-order valence-electron chi connectivity index (χ4n) is 7.96. The highest BCUT2D eigenvalue weighted by Crippen LogP contribution is 2.72. The van der Waals surface area contributed by atoms with E-state index in [-0.39, 0.29) is 31.3 Å². The van der Waals surface area contributed by atoms with Gasteiger partial charge in [-0.3, -0.25) is 0 Å². The van der Waals surface area contributed by atoms with E-state index in [1.807, 2.05) is 27.7 Å². The summed E-state index contributed by atoms with van der Waals surface area (Å²) < 4.78 is 26.2. The van der Waals surface area contributed by atoms with E-state index in [2.05, 4.69) is 27.7 Å². The first kappa shape index (κ1) is 25.1. The molecule has 6 rings (SSSR count). The van der Waals surface area contributed by atoms with Crippen LogP contribution in [0.5, 0.6) is 0 Å². The van der Waals surface area contributed by atoms with Crippen molar-refractivity contribution in [1.82, 2.24) is 0 Å². The minimum Gasteiger partial charge on any atom is -0.410 e. The lowest BCUT2D eigenvalue weighted by molar-refractivity contribution is -0.0844. The Labute approximate surface area is 198 Å². The molecule has 0 bridgehead atoms. The summed E-state index contributed by atoms with van der Waals surface area (Å²) in [4.78, 5) is 0. The molecule has 0 aromatic rings. The summed E-state index contributed by atoms with van der Waals surface area (Å²) in [5.41, 5.74) is -0.293. The first-order chi connectivity index (χ1) is 15.5. The fraction of sp³-hybridized carbons (Fsp3) is 1.00. The van der Waals surface area contributed by atoms with Crippen molar-refractivity contribution < 1.29 is 18.6 Å². The van der Waals surface area contributed by atoms with Gasteiger partial charge in [0.15, 0.2) is 0 Å².